The van der Waals surface area contributed by atoms with Gasteiger partial charge in [-0.3, -0.25) is 9.89 Å². The van der Waals surface area contributed by atoms with Crippen LogP contribution in [0.1, 0.15) is 31.5 Å². The summed E-state index contributed by atoms with van der Waals surface area (Å²) in [6.07, 6.45) is 0.645. The largest absolute Gasteiger partial charge is 0.493 e. The molecule has 214 valence electrons. The zero-order chi connectivity index (χ0) is 28.9. The van der Waals surface area contributed by atoms with Gasteiger partial charge in [-0.25, -0.2) is 13.8 Å². The number of methoxy groups -OCH3 is 1. The van der Waals surface area contributed by atoms with Crippen molar-refractivity contribution in [3.8, 4) is 11.5 Å². The van der Waals surface area contributed by atoms with Gasteiger partial charge >= 0.3 is 0 Å². The topological polar surface area (TPSA) is 150 Å². The Kier molecular flexibility index (Phi) is 8.85. The van der Waals surface area contributed by atoms with Gasteiger partial charge in [0.15, 0.2) is 17.3 Å². The van der Waals surface area contributed by atoms with Crippen molar-refractivity contribution in [2.24, 2.45) is 10.7 Å². The van der Waals surface area contributed by atoms with Gasteiger partial charge in [-0.2, -0.15) is 5.10 Å². The Labute approximate surface area is 230 Å². The van der Waals surface area contributed by atoms with Crippen molar-refractivity contribution in [1.29, 1.82) is 0 Å². The van der Waals surface area contributed by atoms with E-state index < -0.39 is 17.5 Å². The van der Waals surface area contributed by atoms with E-state index in [1.807, 2.05) is 13.8 Å². The van der Waals surface area contributed by atoms with Crippen molar-refractivity contribution in [2.75, 3.05) is 43.8 Å². The fourth-order valence-electron chi connectivity index (χ4n) is 4.11. The number of carbonyl (C=O) groups excluding carboxylic acids is 1. The molecule has 2 aromatic carbocycles. The van der Waals surface area contributed by atoms with Gasteiger partial charge in [0.1, 0.15) is 17.5 Å². The number of benzene rings is 2. The molecule has 4 rings (SSSR count). The van der Waals surface area contributed by atoms with Gasteiger partial charge in [-0.15, -0.1) is 0 Å². The SMILES string of the molecule is COc1cc2c(cc1OCCCNC(C)(C)CO)NCN(c1cc(F)cc(F)c1)C2=Nc1cc(CC(N)=O)[nH]n1. The summed E-state index contributed by atoms with van der Waals surface area (Å²) in [7, 11) is 1.51. The highest BCUT2D eigenvalue weighted by Crippen LogP contribution is 2.38. The van der Waals surface area contributed by atoms with Gasteiger partial charge in [0.2, 0.25) is 5.91 Å². The molecule has 40 heavy (non-hydrogen) atoms. The van der Waals surface area contributed by atoms with Crippen molar-refractivity contribution in [3.05, 3.63) is 59.3 Å². The number of hydrogen-bond acceptors (Lipinski definition) is 8. The normalized spacial score (nSPS) is 14.2. The third-order valence-electron chi connectivity index (χ3n) is 6.17. The number of aliphatic imine (C=N–C) groups is 1. The molecule has 0 fully saturated rings. The molecule has 2 heterocycles. The van der Waals surface area contributed by atoms with Gasteiger partial charge < -0.3 is 35.8 Å². The smallest absolute Gasteiger partial charge is 0.223 e. The van der Waals surface area contributed by atoms with Crippen LogP contribution < -0.4 is 30.7 Å². The molecule has 0 radical (unpaired) electrons. The number of anilines is 2. The monoisotopic (exact) mass is 557 g/mol. The summed E-state index contributed by atoms with van der Waals surface area (Å²) in [4.78, 5) is 17.6. The lowest BCUT2D eigenvalue weighted by molar-refractivity contribution is -0.117. The second-order valence-corrected chi connectivity index (χ2v) is 9.94. The quantitative estimate of drug-likeness (QED) is 0.213. The number of ether oxygens (including phenoxy) is 2. The molecule has 1 aliphatic rings. The number of amidine groups is 1. The number of aliphatic hydroxyl groups is 1. The molecule has 0 bridgehead atoms. The minimum absolute atomic E-state index is 0.0199. The number of aromatic amines is 1. The molecular weight excluding hydrogens is 524 g/mol. The first-order valence-corrected chi connectivity index (χ1v) is 12.7. The van der Waals surface area contributed by atoms with Gasteiger partial charge in [0.25, 0.3) is 0 Å². The van der Waals surface area contributed by atoms with E-state index in [0.29, 0.717) is 53.9 Å². The molecule has 0 saturated carbocycles. The highest BCUT2D eigenvalue weighted by Gasteiger charge is 2.27. The molecular formula is C27H33F2N7O4. The first-order valence-electron chi connectivity index (χ1n) is 12.7. The van der Waals surface area contributed by atoms with E-state index in [1.54, 1.807) is 23.1 Å². The third kappa shape index (κ3) is 7.04. The summed E-state index contributed by atoms with van der Waals surface area (Å²) in [5, 5.41) is 22.8. The van der Waals surface area contributed by atoms with Crippen LogP contribution in [0.15, 0.2) is 41.4 Å². The van der Waals surface area contributed by atoms with Crippen LogP contribution in [-0.4, -0.2) is 66.1 Å². The molecule has 0 saturated heterocycles. The molecule has 1 amide bonds. The van der Waals surface area contributed by atoms with E-state index in [1.165, 1.54) is 19.2 Å². The molecule has 1 aromatic heterocycles. The number of nitrogens with two attached hydrogens (primary N) is 1. The zero-order valence-electron chi connectivity index (χ0n) is 22.6. The van der Waals surface area contributed by atoms with E-state index >= 15 is 0 Å². The summed E-state index contributed by atoms with van der Waals surface area (Å²) in [6.45, 7) is 5.03. The Morgan fingerprint density at radius 2 is 1.95 bits per heavy atom. The Morgan fingerprint density at radius 1 is 1.20 bits per heavy atom. The van der Waals surface area contributed by atoms with Crippen molar-refractivity contribution in [2.45, 2.75) is 32.2 Å². The van der Waals surface area contributed by atoms with Crippen LogP contribution in [0.25, 0.3) is 0 Å². The number of fused-ring (bicyclic) bond motifs is 1. The molecule has 0 spiro atoms. The number of primary amides is 1. The number of halogens is 2. The molecule has 1 aliphatic heterocycles. The maximum absolute atomic E-state index is 14.1. The maximum atomic E-state index is 14.1. The Bertz CT molecular complexity index is 1370. The van der Waals surface area contributed by atoms with Crippen LogP contribution in [0.5, 0.6) is 11.5 Å². The maximum Gasteiger partial charge on any atom is 0.223 e. The molecule has 6 N–H and O–H groups in total. The molecule has 13 heteroatoms. The second kappa shape index (κ2) is 12.3. The van der Waals surface area contributed by atoms with Crippen LogP contribution in [0.3, 0.4) is 0 Å². The highest BCUT2D eigenvalue weighted by atomic mass is 19.1. The van der Waals surface area contributed by atoms with E-state index in [2.05, 4.69) is 25.8 Å². The number of nitrogens with one attached hydrogen (secondary N) is 3. The van der Waals surface area contributed by atoms with E-state index in [-0.39, 0.29) is 36.7 Å². The van der Waals surface area contributed by atoms with Crippen molar-refractivity contribution in [1.82, 2.24) is 15.5 Å². The van der Waals surface area contributed by atoms with Crippen LogP contribution in [0.4, 0.5) is 26.0 Å². The summed E-state index contributed by atoms with van der Waals surface area (Å²) in [5.41, 5.74) is 6.85. The van der Waals surface area contributed by atoms with Crippen LogP contribution in [0, 0.1) is 11.6 Å². The standard InChI is InChI=1S/C27H33F2N7O4/c1-27(2,14-37)32-5-4-6-40-23-13-21-20(12-22(23)39-3)26(33-25-11-18(34-35-25)10-24(30)38)36(15-31-21)19-8-16(28)7-17(29)9-19/h7-9,11-13,31-32,37H,4-6,10,14-15H2,1-3H3,(H2,30,38)(H,34,35). The van der Waals surface area contributed by atoms with Crippen molar-refractivity contribution >= 4 is 28.9 Å². The number of aromatic nitrogens is 2. The number of rotatable bonds is 12. The van der Waals surface area contributed by atoms with Gasteiger partial charge in [-0.1, -0.05) is 0 Å². The van der Waals surface area contributed by atoms with Crippen molar-refractivity contribution < 1.29 is 28.2 Å². The fraction of sp³-hybridized carbons (Fsp3) is 0.370. The number of hydrogen-bond donors (Lipinski definition) is 5. The van der Waals surface area contributed by atoms with Crippen LogP contribution in [0.2, 0.25) is 0 Å². The summed E-state index contributed by atoms with van der Waals surface area (Å²) >= 11 is 0. The molecule has 0 atom stereocenters. The molecule has 11 nitrogen and oxygen atoms in total. The number of H-pyrrole nitrogens is 1. The number of aliphatic hydroxyl groups excluding tert-OH is 1. The van der Waals surface area contributed by atoms with Crippen LogP contribution in [-0.2, 0) is 11.2 Å². The third-order valence-corrected chi connectivity index (χ3v) is 6.17. The molecule has 3 aromatic rings. The second-order valence-electron chi connectivity index (χ2n) is 9.94. The minimum atomic E-state index is -0.734. The highest BCUT2D eigenvalue weighted by molar-refractivity contribution is 6.16. The Morgan fingerprint density at radius 3 is 2.62 bits per heavy atom. The van der Waals surface area contributed by atoms with E-state index in [9.17, 15) is 18.7 Å². The summed E-state index contributed by atoms with van der Waals surface area (Å²) < 4.78 is 39.9. The first kappa shape index (κ1) is 28.8. The van der Waals surface area contributed by atoms with Gasteiger partial charge in [0.05, 0.1) is 44.8 Å². The molecule has 0 aliphatic carbocycles. The predicted molar refractivity (Wildman–Crippen MR) is 147 cm³/mol. The van der Waals surface area contributed by atoms with Gasteiger partial charge in [0, 0.05) is 35.0 Å². The van der Waals surface area contributed by atoms with Crippen molar-refractivity contribution in [3.63, 3.8) is 0 Å². The number of nitrogens with zero attached hydrogens (tertiary/aromatic N) is 3. The lowest BCUT2D eigenvalue weighted by Gasteiger charge is -2.33. The molecule has 0 unspecified atom stereocenters. The Balaban J connectivity index is 1.66. The average Bonchev–Trinajstić information content (AvgIpc) is 3.33. The lowest BCUT2D eigenvalue weighted by Crippen LogP contribution is -2.43. The number of carbonyl (C=O) groups is 1. The lowest BCUT2D eigenvalue weighted by atomic mass is 10.1. The first-order chi connectivity index (χ1) is 19.1. The zero-order valence-corrected chi connectivity index (χ0v) is 22.6. The van der Waals surface area contributed by atoms with Crippen LogP contribution >= 0.6 is 0 Å². The number of amides is 1. The fourth-order valence-corrected chi connectivity index (χ4v) is 4.11. The van der Waals surface area contributed by atoms with Gasteiger partial charge in [-0.05, 0) is 45.0 Å². The summed E-state index contributed by atoms with van der Waals surface area (Å²) in [6, 6.07) is 8.28. The summed E-state index contributed by atoms with van der Waals surface area (Å²) in [5.74, 6) is -0.473. The minimum Gasteiger partial charge on any atom is -0.493 e. The average molecular weight is 558 g/mol. The Hall–Kier alpha value is -4.23. The van der Waals surface area contributed by atoms with E-state index in [4.69, 9.17) is 15.2 Å². The predicted octanol–water partition coefficient (Wildman–Crippen LogP) is 2.82. The van der Waals surface area contributed by atoms with E-state index in [0.717, 1.165) is 6.07 Å².